The van der Waals surface area contributed by atoms with E-state index in [2.05, 4.69) is 170 Å². The minimum Gasteiger partial charge on any atom is -0.456 e. The second-order valence-corrected chi connectivity index (χ2v) is 11.4. The topological polar surface area (TPSA) is 16.4 Å². The van der Waals surface area contributed by atoms with E-state index < -0.39 is 0 Å². The highest BCUT2D eigenvalue weighted by Crippen LogP contribution is 2.41. The van der Waals surface area contributed by atoms with Crippen molar-refractivity contribution in [3.05, 3.63) is 175 Å². The number of hydrogen-bond acceptors (Lipinski definition) is 2. The number of furan rings is 1. The Hall–Kier alpha value is -5.86. The van der Waals surface area contributed by atoms with E-state index in [-0.39, 0.29) is 0 Å². The zero-order chi connectivity index (χ0) is 30.2. The summed E-state index contributed by atoms with van der Waals surface area (Å²) >= 11 is 0. The third-order valence-corrected chi connectivity index (χ3v) is 8.65. The molecule has 0 aliphatic carbocycles. The van der Waals surface area contributed by atoms with Crippen LogP contribution in [0.2, 0.25) is 0 Å². The van der Waals surface area contributed by atoms with E-state index in [4.69, 9.17) is 4.42 Å². The molecule has 0 bridgehead atoms. The molecule has 2 nitrogen and oxygen atoms in total. The molecule has 0 unspecified atom stereocenters. The Labute approximate surface area is 263 Å². The minimum atomic E-state index is 0.921. The van der Waals surface area contributed by atoms with Gasteiger partial charge in [-0.3, -0.25) is 0 Å². The number of benzene rings is 7. The third-order valence-electron chi connectivity index (χ3n) is 8.65. The molecule has 1 heterocycles. The van der Waals surface area contributed by atoms with Crippen molar-refractivity contribution in [2.45, 2.75) is 6.92 Å². The molecular formula is C43H31NO. The van der Waals surface area contributed by atoms with Crippen LogP contribution >= 0.6 is 0 Å². The van der Waals surface area contributed by atoms with Crippen molar-refractivity contribution in [2.75, 3.05) is 4.90 Å². The molecule has 0 spiro atoms. The SMILES string of the molecule is Cc1c(-c2cccc(-c3ccc(N(c4cccc(-c5ccccc5)c4)c4cccc5ccccc45)cc3)c2)oc2ccccc12. The third kappa shape index (κ3) is 4.97. The van der Waals surface area contributed by atoms with E-state index >= 15 is 0 Å². The lowest BCUT2D eigenvalue weighted by molar-refractivity contribution is 0.629. The number of nitrogens with zero attached hydrogens (tertiary/aromatic N) is 1. The Morgan fingerprint density at radius 1 is 0.422 bits per heavy atom. The Kier molecular flexibility index (Phi) is 6.73. The first-order valence-electron chi connectivity index (χ1n) is 15.4. The van der Waals surface area contributed by atoms with Crippen molar-refractivity contribution in [1.29, 1.82) is 0 Å². The van der Waals surface area contributed by atoms with Crippen LogP contribution < -0.4 is 4.90 Å². The molecule has 45 heavy (non-hydrogen) atoms. The maximum Gasteiger partial charge on any atom is 0.138 e. The fourth-order valence-corrected chi connectivity index (χ4v) is 6.38. The minimum absolute atomic E-state index is 0.921. The highest BCUT2D eigenvalue weighted by molar-refractivity contribution is 5.99. The molecule has 1 aromatic heterocycles. The van der Waals surface area contributed by atoms with E-state index in [1.807, 2.05) is 12.1 Å². The molecular weight excluding hydrogens is 546 g/mol. The van der Waals surface area contributed by atoms with Gasteiger partial charge in [-0.15, -0.1) is 0 Å². The van der Waals surface area contributed by atoms with Crippen molar-refractivity contribution in [2.24, 2.45) is 0 Å². The fourth-order valence-electron chi connectivity index (χ4n) is 6.38. The van der Waals surface area contributed by atoms with E-state index in [0.717, 1.165) is 50.5 Å². The molecule has 0 fully saturated rings. The van der Waals surface area contributed by atoms with Crippen molar-refractivity contribution in [3.8, 4) is 33.6 Å². The van der Waals surface area contributed by atoms with Crippen LogP contribution in [0.1, 0.15) is 5.56 Å². The maximum atomic E-state index is 6.29. The Bertz CT molecular complexity index is 2270. The van der Waals surface area contributed by atoms with Crippen molar-refractivity contribution < 1.29 is 4.42 Å². The summed E-state index contributed by atoms with van der Waals surface area (Å²) in [6, 6.07) is 60.3. The quantitative estimate of drug-likeness (QED) is 0.195. The molecule has 0 saturated carbocycles. The summed E-state index contributed by atoms with van der Waals surface area (Å²) in [4.78, 5) is 2.37. The van der Waals surface area contributed by atoms with Gasteiger partial charge in [-0.2, -0.15) is 0 Å². The van der Waals surface area contributed by atoms with Gasteiger partial charge in [0.15, 0.2) is 0 Å². The molecule has 0 saturated heterocycles. The second kappa shape index (κ2) is 11.3. The summed E-state index contributed by atoms with van der Waals surface area (Å²) < 4.78 is 6.29. The first-order chi connectivity index (χ1) is 22.2. The largest absolute Gasteiger partial charge is 0.456 e. The predicted molar refractivity (Wildman–Crippen MR) is 189 cm³/mol. The van der Waals surface area contributed by atoms with Crippen molar-refractivity contribution in [3.63, 3.8) is 0 Å². The second-order valence-electron chi connectivity index (χ2n) is 11.4. The number of para-hydroxylation sites is 1. The van der Waals surface area contributed by atoms with Gasteiger partial charge in [0.2, 0.25) is 0 Å². The Morgan fingerprint density at radius 3 is 1.84 bits per heavy atom. The van der Waals surface area contributed by atoms with Crippen molar-refractivity contribution in [1.82, 2.24) is 0 Å². The van der Waals surface area contributed by atoms with E-state index in [9.17, 15) is 0 Å². The molecule has 0 amide bonds. The van der Waals surface area contributed by atoms with Gasteiger partial charge in [0.1, 0.15) is 11.3 Å². The first kappa shape index (κ1) is 26.7. The van der Waals surface area contributed by atoms with Gasteiger partial charge >= 0.3 is 0 Å². The summed E-state index contributed by atoms with van der Waals surface area (Å²) in [5, 5.41) is 3.59. The molecule has 0 aliphatic rings. The molecule has 7 aromatic carbocycles. The maximum absolute atomic E-state index is 6.29. The fraction of sp³-hybridized carbons (Fsp3) is 0.0233. The highest BCUT2D eigenvalue weighted by atomic mass is 16.3. The van der Waals surface area contributed by atoms with Crippen LogP contribution in [0.15, 0.2) is 174 Å². The monoisotopic (exact) mass is 577 g/mol. The smallest absolute Gasteiger partial charge is 0.138 e. The van der Waals surface area contributed by atoms with Gasteiger partial charge in [-0.05, 0) is 77.0 Å². The first-order valence-corrected chi connectivity index (χ1v) is 15.4. The molecule has 8 aromatic rings. The van der Waals surface area contributed by atoms with E-state index in [0.29, 0.717) is 0 Å². The van der Waals surface area contributed by atoms with Crippen LogP contribution in [0.3, 0.4) is 0 Å². The Balaban J connectivity index is 1.21. The van der Waals surface area contributed by atoms with Gasteiger partial charge < -0.3 is 9.32 Å². The summed E-state index contributed by atoms with van der Waals surface area (Å²) in [6.45, 7) is 2.14. The van der Waals surface area contributed by atoms with Crippen molar-refractivity contribution >= 4 is 38.8 Å². The lowest BCUT2D eigenvalue weighted by Gasteiger charge is -2.27. The van der Waals surface area contributed by atoms with Crippen LogP contribution in [-0.2, 0) is 0 Å². The molecule has 0 radical (unpaired) electrons. The zero-order valence-corrected chi connectivity index (χ0v) is 25.0. The number of fused-ring (bicyclic) bond motifs is 2. The van der Waals surface area contributed by atoms with Gasteiger partial charge in [0.25, 0.3) is 0 Å². The standard InChI is InChI=1S/C43H31NO/c1-30-39-20-7-8-23-42(39)45-43(30)36-18-9-16-34(28-36)32-24-26-37(27-25-32)44(41-22-11-15-33-14-5-6-21-40(33)41)38-19-10-17-35(29-38)31-12-3-2-4-13-31/h2-29H,1H3. The molecule has 8 rings (SSSR count). The van der Waals surface area contributed by atoms with Crippen LogP contribution in [-0.4, -0.2) is 0 Å². The number of hydrogen-bond donors (Lipinski definition) is 0. The average molecular weight is 578 g/mol. The van der Waals surface area contributed by atoms with E-state index in [1.54, 1.807) is 0 Å². The molecule has 0 aliphatic heterocycles. The molecule has 0 N–H and O–H groups in total. The average Bonchev–Trinajstić information content (AvgIpc) is 3.45. The van der Waals surface area contributed by atoms with E-state index in [1.165, 1.54) is 27.5 Å². The zero-order valence-electron chi connectivity index (χ0n) is 25.0. The molecule has 2 heteroatoms. The van der Waals surface area contributed by atoms with Crippen LogP contribution in [0.25, 0.3) is 55.3 Å². The van der Waals surface area contributed by atoms with Crippen LogP contribution in [0.5, 0.6) is 0 Å². The van der Waals surface area contributed by atoms with Gasteiger partial charge in [-0.1, -0.05) is 127 Å². The summed E-state index contributed by atoms with van der Waals surface area (Å²) in [5.74, 6) is 0.926. The lowest BCUT2D eigenvalue weighted by atomic mass is 9.99. The van der Waals surface area contributed by atoms with Crippen LogP contribution in [0.4, 0.5) is 17.1 Å². The summed E-state index contributed by atoms with van der Waals surface area (Å²) in [6.07, 6.45) is 0. The number of rotatable bonds is 6. The normalized spacial score (nSPS) is 11.2. The molecule has 0 atom stereocenters. The lowest BCUT2D eigenvalue weighted by Crippen LogP contribution is -2.10. The van der Waals surface area contributed by atoms with Gasteiger partial charge in [0.05, 0.1) is 5.69 Å². The number of anilines is 3. The summed E-state index contributed by atoms with van der Waals surface area (Å²) in [5.41, 5.74) is 11.2. The van der Waals surface area contributed by atoms with Gasteiger partial charge in [0, 0.05) is 33.3 Å². The Morgan fingerprint density at radius 2 is 1.02 bits per heavy atom. The summed E-state index contributed by atoms with van der Waals surface area (Å²) in [7, 11) is 0. The predicted octanol–water partition coefficient (Wildman–Crippen LogP) is 12.4. The van der Waals surface area contributed by atoms with Crippen LogP contribution in [0, 0.1) is 6.92 Å². The van der Waals surface area contributed by atoms with Gasteiger partial charge in [-0.25, -0.2) is 0 Å². The number of aryl methyl sites for hydroxylation is 1. The highest BCUT2D eigenvalue weighted by Gasteiger charge is 2.17. The molecule has 214 valence electrons.